The number of amides is 3. The van der Waals surface area contributed by atoms with Gasteiger partial charge in [-0.25, -0.2) is 0 Å². The lowest BCUT2D eigenvalue weighted by Gasteiger charge is -2.38. The highest BCUT2D eigenvalue weighted by Crippen LogP contribution is 2.48. The topological polar surface area (TPSA) is 99.8 Å². The van der Waals surface area contributed by atoms with Crippen molar-refractivity contribution < 1.29 is 19.1 Å². The zero-order valence-electron chi connectivity index (χ0n) is 22.0. The van der Waals surface area contributed by atoms with Crippen LogP contribution in [0, 0.1) is 5.41 Å². The molecule has 2 saturated heterocycles. The summed E-state index contributed by atoms with van der Waals surface area (Å²) in [5.74, 6) is -0.736. The first-order valence-corrected chi connectivity index (χ1v) is 13.4. The Morgan fingerprint density at radius 3 is 2.59 bits per heavy atom. The normalized spacial score (nSPS) is 27.3. The van der Waals surface area contributed by atoms with E-state index in [0.29, 0.717) is 32.3 Å². The number of hydrogen-bond acceptors (Lipinski definition) is 5. The molecule has 0 bridgehead atoms. The number of nitrogens with one attached hydrogen (secondary N) is 3. The summed E-state index contributed by atoms with van der Waals surface area (Å²) in [5, 5.41) is 9.07. The Hall–Kier alpha value is -2.97. The lowest BCUT2D eigenvalue weighted by atomic mass is 9.73. The van der Waals surface area contributed by atoms with Gasteiger partial charge in [-0.2, -0.15) is 0 Å². The Kier molecular flexibility index (Phi) is 8.49. The summed E-state index contributed by atoms with van der Waals surface area (Å²) in [7, 11) is 1.70. The lowest BCUT2D eigenvalue weighted by molar-refractivity contribution is -0.150. The van der Waals surface area contributed by atoms with Gasteiger partial charge in [0, 0.05) is 18.3 Å². The van der Waals surface area contributed by atoms with Crippen LogP contribution in [0.5, 0.6) is 0 Å². The van der Waals surface area contributed by atoms with E-state index in [4.69, 9.17) is 4.74 Å². The van der Waals surface area contributed by atoms with Crippen LogP contribution in [0.1, 0.15) is 62.6 Å². The first-order chi connectivity index (χ1) is 17.8. The number of likely N-dealkylation sites (N-methyl/N-ethyl adjacent to an activating group) is 1. The first-order valence-electron chi connectivity index (χ1n) is 13.4. The molecule has 2 aliphatic heterocycles. The summed E-state index contributed by atoms with van der Waals surface area (Å²) < 4.78 is 6.16. The van der Waals surface area contributed by atoms with Gasteiger partial charge in [-0.1, -0.05) is 36.4 Å². The van der Waals surface area contributed by atoms with Crippen LogP contribution in [0.15, 0.2) is 49.6 Å². The van der Waals surface area contributed by atoms with Crippen molar-refractivity contribution in [3.05, 3.63) is 60.7 Å². The van der Waals surface area contributed by atoms with E-state index < -0.39 is 29.8 Å². The highest BCUT2D eigenvalue weighted by molar-refractivity contribution is 5.94. The molecular weight excluding hydrogens is 468 g/mol. The smallest absolute Gasteiger partial charge is 0.247 e. The number of nitrogens with zero attached hydrogens (tertiary/aromatic N) is 1. The molecule has 0 saturated carbocycles. The van der Waals surface area contributed by atoms with Crippen LogP contribution in [0.2, 0.25) is 0 Å². The zero-order valence-corrected chi connectivity index (χ0v) is 22.0. The Morgan fingerprint density at radius 1 is 1.16 bits per heavy atom. The van der Waals surface area contributed by atoms with E-state index in [9.17, 15) is 14.4 Å². The molecule has 8 heteroatoms. The Balaban J connectivity index is 1.67. The second-order valence-corrected chi connectivity index (χ2v) is 10.5. The van der Waals surface area contributed by atoms with E-state index in [1.54, 1.807) is 18.9 Å². The number of benzene rings is 1. The highest BCUT2D eigenvalue weighted by atomic mass is 16.5. The molecule has 1 aromatic carbocycles. The lowest BCUT2D eigenvalue weighted by Crippen LogP contribution is -2.59. The van der Waals surface area contributed by atoms with Gasteiger partial charge in [0.2, 0.25) is 17.7 Å². The van der Waals surface area contributed by atoms with Crippen molar-refractivity contribution in [3.8, 4) is 0 Å². The van der Waals surface area contributed by atoms with Crippen LogP contribution < -0.4 is 16.0 Å². The second-order valence-electron chi connectivity index (χ2n) is 10.5. The summed E-state index contributed by atoms with van der Waals surface area (Å²) in [6, 6.07) is 6.13. The average Bonchev–Trinajstić information content (AvgIpc) is 3.13. The molecule has 3 aliphatic rings. The van der Waals surface area contributed by atoms with Gasteiger partial charge in [0.1, 0.15) is 18.3 Å². The van der Waals surface area contributed by atoms with Gasteiger partial charge in [0.15, 0.2) is 0 Å². The van der Waals surface area contributed by atoms with E-state index >= 15 is 0 Å². The maximum atomic E-state index is 14.2. The van der Waals surface area contributed by atoms with Crippen molar-refractivity contribution in [1.82, 2.24) is 20.9 Å². The van der Waals surface area contributed by atoms with Gasteiger partial charge < -0.3 is 25.6 Å². The third-order valence-electron chi connectivity index (χ3n) is 8.20. The van der Waals surface area contributed by atoms with Crippen molar-refractivity contribution >= 4 is 17.7 Å². The summed E-state index contributed by atoms with van der Waals surface area (Å²) in [6.07, 6.45) is 7.84. The molecule has 5 atom stereocenters. The molecule has 0 aromatic heterocycles. The maximum absolute atomic E-state index is 14.2. The molecule has 0 spiro atoms. The second kappa shape index (κ2) is 11.6. The van der Waals surface area contributed by atoms with Crippen molar-refractivity contribution in [1.29, 1.82) is 0 Å². The van der Waals surface area contributed by atoms with Gasteiger partial charge in [-0.05, 0) is 57.2 Å². The van der Waals surface area contributed by atoms with Gasteiger partial charge in [-0.3, -0.25) is 14.4 Å². The van der Waals surface area contributed by atoms with Gasteiger partial charge in [0.05, 0.1) is 18.7 Å². The van der Waals surface area contributed by atoms with Crippen molar-refractivity contribution in [2.75, 3.05) is 13.7 Å². The van der Waals surface area contributed by atoms with Crippen LogP contribution in [-0.2, 0) is 25.5 Å². The van der Waals surface area contributed by atoms with E-state index in [2.05, 4.69) is 41.2 Å². The molecule has 0 radical (unpaired) electrons. The van der Waals surface area contributed by atoms with E-state index in [1.807, 2.05) is 24.3 Å². The molecule has 3 N–H and O–H groups in total. The van der Waals surface area contributed by atoms with Crippen LogP contribution >= 0.6 is 0 Å². The monoisotopic (exact) mass is 508 g/mol. The summed E-state index contributed by atoms with van der Waals surface area (Å²) >= 11 is 0. The minimum atomic E-state index is -0.769. The zero-order chi connectivity index (χ0) is 26.6. The predicted octanol–water partition coefficient (Wildman–Crippen LogP) is 2.76. The van der Waals surface area contributed by atoms with Gasteiger partial charge in [-0.15, -0.1) is 13.2 Å². The number of carbonyl (C=O) groups excluding carboxylic acids is 3. The molecule has 1 aromatic rings. The molecule has 1 aliphatic carbocycles. The van der Waals surface area contributed by atoms with Crippen molar-refractivity contribution in [2.24, 2.45) is 5.41 Å². The fourth-order valence-corrected chi connectivity index (χ4v) is 6.22. The minimum absolute atomic E-state index is 0.114. The van der Waals surface area contributed by atoms with E-state index in [0.717, 1.165) is 24.8 Å². The number of aryl methyl sites for hydroxylation is 1. The predicted molar refractivity (Wildman–Crippen MR) is 142 cm³/mol. The van der Waals surface area contributed by atoms with Crippen molar-refractivity contribution in [3.63, 3.8) is 0 Å². The quantitative estimate of drug-likeness (QED) is 0.446. The number of allylic oxidation sites excluding steroid dienone is 2. The van der Waals surface area contributed by atoms with Crippen LogP contribution in [0.4, 0.5) is 0 Å². The Bertz CT molecular complexity index is 1030. The van der Waals surface area contributed by atoms with Gasteiger partial charge >= 0.3 is 0 Å². The van der Waals surface area contributed by atoms with Gasteiger partial charge in [0.25, 0.3) is 0 Å². The molecule has 8 nitrogen and oxygen atoms in total. The Morgan fingerprint density at radius 2 is 1.89 bits per heavy atom. The van der Waals surface area contributed by atoms with Crippen LogP contribution in [0.3, 0.4) is 0 Å². The number of ether oxygens (including phenoxy) is 1. The number of hydrogen-bond donors (Lipinski definition) is 3. The molecule has 200 valence electrons. The standard InChI is InChI=1S/C29H40N4O4/c1-5-15-29(16-6-2)18-24-33(28(36)23(14-17-37-24)32-26(34)19(3)30-4)25(29)27(35)31-22-13-9-11-20-10-7-8-12-21(20)22/h5-8,10,12,19,22-25,30H,1-2,9,11,13-18H2,3-4H3,(H,31,35)(H,32,34)/t19-,22+,23-,24-,25+/m0/s1. The fourth-order valence-electron chi connectivity index (χ4n) is 6.22. The number of fused-ring (bicyclic) bond motifs is 2. The summed E-state index contributed by atoms with van der Waals surface area (Å²) in [4.78, 5) is 42.3. The molecular formula is C29H40N4O4. The van der Waals surface area contributed by atoms with E-state index in [-0.39, 0.29) is 23.8 Å². The van der Waals surface area contributed by atoms with Crippen molar-refractivity contribution in [2.45, 2.75) is 82.3 Å². The van der Waals surface area contributed by atoms with Crippen LogP contribution in [-0.4, -0.2) is 60.6 Å². The Labute approximate surface area is 219 Å². The third kappa shape index (κ3) is 5.36. The summed E-state index contributed by atoms with van der Waals surface area (Å²) in [5.41, 5.74) is 1.80. The van der Waals surface area contributed by atoms with E-state index in [1.165, 1.54) is 5.56 Å². The molecule has 2 heterocycles. The van der Waals surface area contributed by atoms with Crippen LogP contribution in [0.25, 0.3) is 0 Å². The molecule has 0 unspecified atom stereocenters. The molecule has 37 heavy (non-hydrogen) atoms. The third-order valence-corrected chi connectivity index (χ3v) is 8.20. The number of rotatable bonds is 9. The first kappa shape index (κ1) is 27.1. The highest BCUT2D eigenvalue weighted by Gasteiger charge is 2.58. The molecule has 3 amide bonds. The average molecular weight is 509 g/mol. The maximum Gasteiger partial charge on any atom is 0.247 e. The SMILES string of the molecule is C=CCC1(CC=C)C[C@@H]2OCC[C@H](NC(=O)[C@H](C)NC)C(=O)N2[C@@H]1C(=O)N[C@@H]1CCCc2ccccc21. The molecule has 2 fully saturated rings. The fraction of sp³-hybridized carbons (Fsp3) is 0.552. The largest absolute Gasteiger partial charge is 0.358 e. The number of carbonyl (C=O) groups is 3. The summed E-state index contributed by atoms with van der Waals surface area (Å²) in [6.45, 7) is 9.96. The molecule has 4 rings (SSSR count). The minimum Gasteiger partial charge on any atom is -0.358 e.